The van der Waals surface area contributed by atoms with E-state index in [1.165, 1.54) is 7.11 Å². The average Bonchev–Trinajstić information content (AvgIpc) is 3.67. The fourth-order valence-electron chi connectivity index (χ4n) is 6.56. The van der Waals surface area contributed by atoms with Crippen LogP contribution in [-0.2, 0) is 32.1 Å². The third-order valence-electron chi connectivity index (χ3n) is 8.74. The number of allylic oxidation sites excluding steroid dienone is 3. The van der Waals surface area contributed by atoms with Crippen molar-refractivity contribution in [3.05, 3.63) is 69.6 Å². The smallest absolute Gasteiger partial charge is 0.375 e. The van der Waals surface area contributed by atoms with Crippen molar-refractivity contribution in [3.8, 4) is 17.2 Å². The minimum absolute atomic E-state index is 0.0137. The quantitative estimate of drug-likeness (QED) is 0.264. The van der Waals surface area contributed by atoms with Crippen molar-refractivity contribution < 1.29 is 43.5 Å². The normalized spacial score (nSPS) is 21.5. The number of Topliss-reactive ketones (excluding diaryl/α,β-unsaturated/α-hetero) is 1. The number of carbonyl (C=O) groups is 3. The summed E-state index contributed by atoms with van der Waals surface area (Å²) in [7, 11) is 1.48. The van der Waals surface area contributed by atoms with Gasteiger partial charge in [-0.2, -0.15) is 0 Å². The number of hydrogen-bond donors (Lipinski definition) is 3. The highest BCUT2D eigenvalue weighted by atomic mass is 16.6. The molecular formula is C34H35NO9. The van der Waals surface area contributed by atoms with E-state index in [1.54, 1.807) is 20.8 Å². The van der Waals surface area contributed by atoms with Gasteiger partial charge >= 0.3 is 5.97 Å². The predicted molar refractivity (Wildman–Crippen MR) is 161 cm³/mol. The highest BCUT2D eigenvalue weighted by Gasteiger charge is 2.44. The average molecular weight is 602 g/mol. The first-order valence-corrected chi connectivity index (χ1v) is 14.7. The maximum Gasteiger partial charge on any atom is 0.375 e. The van der Waals surface area contributed by atoms with Crippen molar-refractivity contribution >= 4 is 34.5 Å². The van der Waals surface area contributed by atoms with Crippen LogP contribution in [-0.4, -0.2) is 58.7 Å². The lowest BCUT2D eigenvalue weighted by Crippen LogP contribution is -2.39. The summed E-state index contributed by atoms with van der Waals surface area (Å²) >= 11 is 0. The molecule has 0 amide bonds. The van der Waals surface area contributed by atoms with Crippen molar-refractivity contribution in [2.75, 3.05) is 13.7 Å². The molecule has 3 aliphatic rings. The summed E-state index contributed by atoms with van der Waals surface area (Å²) in [5.41, 5.74) is 3.04. The number of fused-ring (bicyclic) bond motifs is 3. The number of ketones is 1. The lowest BCUT2D eigenvalue weighted by Gasteiger charge is -2.32. The summed E-state index contributed by atoms with van der Waals surface area (Å²) < 4.78 is 23.5. The Balaban J connectivity index is 1.60. The Morgan fingerprint density at radius 1 is 1.18 bits per heavy atom. The molecular weight excluding hydrogens is 566 g/mol. The molecule has 0 radical (unpaired) electrons. The van der Waals surface area contributed by atoms with Gasteiger partial charge in [0.1, 0.15) is 29.1 Å². The molecule has 230 valence electrons. The Bertz CT molecular complexity index is 1750. The van der Waals surface area contributed by atoms with Gasteiger partial charge in [-0.25, -0.2) is 4.79 Å². The summed E-state index contributed by atoms with van der Waals surface area (Å²) in [6, 6.07) is 7.81. The second-order valence-electron chi connectivity index (χ2n) is 11.9. The van der Waals surface area contributed by atoms with E-state index in [2.05, 4.69) is 4.98 Å². The molecule has 10 nitrogen and oxygen atoms in total. The monoisotopic (exact) mass is 601 g/mol. The number of benzene rings is 2. The molecule has 3 N–H and O–H groups in total. The van der Waals surface area contributed by atoms with Crippen LogP contribution in [0.25, 0.3) is 16.5 Å². The molecule has 6 rings (SSSR count). The predicted octanol–water partition coefficient (Wildman–Crippen LogP) is 4.44. The van der Waals surface area contributed by atoms with E-state index in [4.69, 9.17) is 18.9 Å². The number of aromatic amines is 1. The van der Waals surface area contributed by atoms with Gasteiger partial charge in [-0.05, 0) is 62.8 Å². The van der Waals surface area contributed by atoms with Crippen LogP contribution in [0.1, 0.15) is 68.2 Å². The molecule has 1 saturated carbocycles. The molecule has 0 bridgehead atoms. The van der Waals surface area contributed by atoms with Crippen molar-refractivity contribution in [1.29, 1.82) is 0 Å². The largest absolute Gasteiger partial charge is 0.496 e. The molecule has 44 heavy (non-hydrogen) atoms. The summed E-state index contributed by atoms with van der Waals surface area (Å²) in [6.45, 7) is 4.44. The van der Waals surface area contributed by atoms with Gasteiger partial charge in [0, 0.05) is 41.6 Å². The molecule has 10 heteroatoms. The number of H-pyrrole nitrogens is 1. The SMILES string of the molecule is CCOC(=O)C1=C(C=O)C(=C2CCC(=O)C(c3ccc4[nH]ccc4c3)C2)c2c(OC)c3c(c(CO)c2O1)OC(C(C)(C)O)C3. The van der Waals surface area contributed by atoms with Gasteiger partial charge in [0.05, 0.1) is 42.6 Å². The number of hydrogen-bond acceptors (Lipinski definition) is 9. The number of nitrogens with one attached hydrogen (secondary N) is 1. The van der Waals surface area contributed by atoms with Gasteiger partial charge < -0.3 is 34.1 Å². The van der Waals surface area contributed by atoms with E-state index in [0.717, 1.165) is 22.0 Å². The Labute approximate surface area is 254 Å². The van der Waals surface area contributed by atoms with E-state index in [1.807, 2.05) is 30.5 Å². The summed E-state index contributed by atoms with van der Waals surface area (Å²) in [5.74, 6) is -0.780. The minimum Gasteiger partial charge on any atom is -0.496 e. The van der Waals surface area contributed by atoms with Gasteiger partial charge in [0.15, 0.2) is 6.29 Å². The lowest BCUT2D eigenvalue weighted by atomic mass is 9.75. The van der Waals surface area contributed by atoms with E-state index >= 15 is 0 Å². The zero-order valence-electron chi connectivity index (χ0n) is 25.1. The third kappa shape index (κ3) is 4.78. The lowest BCUT2D eigenvalue weighted by molar-refractivity contribution is -0.141. The number of aliphatic hydroxyl groups excluding tert-OH is 1. The fourth-order valence-corrected chi connectivity index (χ4v) is 6.56. The second-order valence-corrected chi connectivity index (χ2v) is 11.9. The molecule has 2 atom stereocenters. The molecule has 0 saturated heterocycles. The first kappa shape index (κ1) is 29.7. The Morgan fingerprint density at radius 2 is 1.98 bits per heavy atom. The van der Waals surface area contributed by atoms with Crippen LogP contribution in [0.4, 0.5) is 0 Å². The summed E-state index contributed by atoms with van der Waals surface area (Å²) in [5, 5.41) is 22.4. The minimum atomic E-state index is -1.22. The van der Waals surface area contributed by atoms with Crippen LogP contribution < -0.4 is 14.2 Å². The number of aldehydes is 1. The number of aliphatic hydroxyl groups is 2. The van der Waals surface area contributed by atoms with Crippen LogP contribution in [0.2, 0.25) is 0 Å². The number of ether oxygens (including phenoxy) is 4. The van der Waals surface area contributed by atoms with Crippen molar-refractivity contribution in [1.82, 2.24) is 4.98 Å². The fraction of sp³-hybridized carbons (Fsp3) is 0.382. The van der Waals surface area contributed by atoms with Crippen molar-refractivity contribution in [2.24, 2.45) is 0 Å². The van der Waals surface area contributed by atoms with Gasteiger partial charge in [-0.3, -0.25) is 9.59 Å². The second kappa shape index (κ2) is 11.3. The van der Waals surface area contributed by atoms with E-state index in [0.29, 0.717) is 47.3 Å². The molecule has 2 unspecified atom stereocenters. The van der Waals surface area contributed by atoms with E-state index in [9.17, 15) is 24.6 Å². The van der Waals surface area contributed by atoms with Gasteiger partial charge in [-0.15, -0.1) is 0 Å². The van der Waals surface area contributed by atoms with E-state index in [-0.39, 0.29) is 47.9 Å². The molecule has 2 aliphatic heterocycles. The number of methoxy groups -OCH3 is 1. The first-order valence-electron chi connectivity index (χ1n) is 14.7. The van der Waals surface area contributed by atoms with Gasteiger partial charge in [0.25, 0.3) is 0 Å². The van der Waals surface area contributed by atoms with Crippen LogP contribution >= 0.6 is 0 Å². The van der Waals surface area contributed by atoms with Crippen molar-refractivity contribution in [2.45, 2.75) is 70.7 Å². The Kier molecular flexibility index (Phi) is 7.59. The number of aromatic nitrogens is 1. The van der Waals surface area contributed by atoms with E-state index < -0.39 is 30.2 Å². The van der Waals surface area contributed by atoms with Gasteiger partial charge in [0.2, 0.25) is 5.76 Å². The van der Waals surface area contributed by atoms with Crippen LogP contribution in [0.5, 0.6) is 17.2 Å². The zero-order chi connectivity index (χ0) is 31.3. The highest BCUT2D eigenvalue weighted by Crippen LogP contribution is 2.56. The standard InChI is InChI=1S/C34H35NO9/c1-5-42-33(39)32-22(15-36)27(19-7-9-25(38)20(13-19)17-6-8-24-18(12-17)10-11-35-24)28-30(41-4)21-14-26(34(2,3)40)43-29(21)23(16-37)31(28)44-32/h6,8,10-12,15,20,26,35,37,40H,5,7,9,13-14,16H2,1-4H3. The molecule has 0 spiro atoms. The molecule has 3 aromatic rings. The zero-order valence-corrected chi connectivity index (χ0v) is 25.1. The van der Waals surface area contributed by atoms with Crippen LogP contribution in [0, 0.1) is 0 Å². The summed E-state index contributed by atoms with van der Waals surface area (Å²) in [4.78, 5) is 42.6. The first-order chi connectivity index (χ1) is 21.1. The topological polar surface area (TPSA) is 144 Å². The third-order valence-corrected chi connectivity index (χ3v) is 8.74. The van der Waals surface area contributed by atoms with Crippen LogP contribution in [0.3, 0.4) is 0 Å². The van der Waals surface area contributed by atoms with Gasteiger partial charge in [-0.1, -0.05) is 11.6 Å². The maximum absolute atomic E-state index is 13.4. The number of rotatable bonds is 7. The summed E-state index contributed by atoms with van der Waals surface area (Å²) in [6.07, 6.45) is 2.91. The van der Waals surface area contributed by atoms with Crippen molar-refractivity contribution in [3.63, 3.8) is 0 Å². The molecule has 1 fully saturated rings. The Hall–Kier alpha value is -4.41. The number of carbonyl (C=O) groups excluding carboxylic acids is 3. The Morgan fingerprint density at radius 3 is 2.66 bits per heavy atom. The number of esters is 1. The maximum atomic E-state index is 13.4. The van der Waals surface area contributed by atoms with Crippen LogP contribution in [0.15, 0.2) is 47.4 Å². The molecule has 3 heterocycles. The molecule has 1 aliphatic carbocycles. The highest BCUT2D eigenvalue weighted by molar-refractivity contribution is 6.11. The molecule has 2 aromatic carbocycles. The molecule has 1 aromatic heterocycles.